The van der Waals surface area contributed by atoms with Crippen molar-refractivity contribution in [2.45, 2.75) is 32.4 Å². The van der Waals surface area contributed by atoms with Crippen molar-refractivity contribution in [3.8, 4) is 17.2 Å². The number of benzene rings is 2. The van der Waals surface area contributed by atoms with Gasteiger partial charge in [-0.15, -0.1) is 0 Å². The number of aryl methyl sites for hydroxylation is 1. The highest BCUT2D eigenvalue weighted by Crippen LogP contribution is 2.33. The molecule has 3 heteroatoms. The summed E-state index contributed by atoms with van der Waals surface area (Å²) in [7, 11) is 1.66. The molecular formula is C18H21NO2. The SMILES string of the molecule is COc1ccccc1Oc1ccc(C)cc1CNC1CC1. The number of rotatable bonds is 6. The first-order valence-electron chi connectivity index (χ1n) is 7.40. The Hall–Kier alpha value is -2.00. The summed E-state index contributed by atoms with van der Waals surface area (Å²) >= 11 is 0. The Labute approximate surface area is 125 Å². The Morgan fingerprint density at radius 2 is 1.81 bits per heavy atom. The predicted octanol–water partition coefficient (Wildman–Crippen LogP) is 4.05. The first-order chi connectivity index (χ1) is 10.3. The molecule has 2 aromatic carbocycles. The molecule has 0 bridgehead atoms. The molecule has 1 saturated carbocycles. The summed E-state index contributed by atoms with van der Waals surface area (Å²) < 4.78 is 11.4. The average Bonchev–Trinajstić information content (AvgIpc) is 3.32. The van der Waals surface area contributed by atoms with Crippen molar-refractivity contribution in [3.63, 3.8) is 0 Å². The molecule has 21 heavy (non-hydrogen) atoms. The number of nitrogens with one attached hydrogen (secondary N) is 1. The number of ether oxygens (including phenoxy) is 2. The minimum absolute atomic E-state index is 0.685. The van der Waals surface area contributed by atoms with E-state index in [-0.39, 0.29) is 0 Å². The van der Waals surface area contributed by atoms with Crippen LogP contribution in [0.5, 0.6) is 17.2 Å². The highest BCUT2D eigenvalue weighted by atomic mass is 16.5. The molecule has 0 aliphatic heterocycles. The molecule has 0 amide bonds. The van der Waals surface area contributed by atoms with Crippen molar-refractivity contribution in [1.29, 1.82) is 0 Å². The van der Waals surface area contributed by atoms with E-state index in [1.807, 2.05) is 30.3 Å². The van der Waals surface area contributed by atoms with Crippen molar-refractivity contribution < 1.29 is 9.47 Å². The molecule has 0 aromatic heterocycles. The largest absolute Gasteiger partial charge is 0.493 e. The quantitative estimate of drug-likeness (QED) is 0.867. The lowest BCUT2D eigenvalue weighted by Gasteiger charge is -2.14. The van der Waals surface area contributed by atoms with Gasteiger partial charge in [0.05, 0.1) is 7.11 Å². The molecule has 0 unspecified atom stereocenters. The molecule has 110 valence electrons. The van der Waals surface area contributed by atoms with Gasteiger partial charge in [0.25, 0.3) is 0 Å². The van der Waals surface area contributed by atoms with E-state index in [9.17, 15) is 0 Å². The molecule has 3 nitrogen and oxygen atoms in total. The second kappa shape index (κ2) is 6.19. The zero-order valence-electron chi connectivity index (χ0n) is 12.6. The van der Waals surface area contributed by atoms with Crippen molar-refractivity contribution in [1.82, 2.24) is 5.32 Å². The van der Waals surface area contributed by atoms with Crippen LogP contribution in [0, 0.1) is 6.92 Å². The molecule has 3 rings (SSSR count). The van der Waals surface area contributed by atoms with E-state index in [0.717, 1.165) is 23.8 Å². The van der Waals surface area contributed by atoms with Crippen LogP contribution >= 0.6 is 0 Å². The molecule has 1 fully saturated rings. The zero-order chi connectivity index (χ0) is 14.7. The van der Waals surface area contributed by atoms with Gasteiger partial charge in [0.2, 0.25) is 0 Å². The average molecular weight is 283 g/mol. The van der Waals surface area contributed by atoms with Crippen LogP contribution in [0.1, 0.15) is 24.0 Å². The minimum atomic E-state index is 0.685. The summed E-state index contributed by atoms with van der Waals surface area (Å²) in [4.78, 5) is 0. The zero-order valence-corrected chi connectivity index (χ0v) is 12.6. The van der Waals surface area contributed by atoms with Gasteiger partial charge in [0.1, 0.15) is 5.75 Å². The van der Waals surface area contributed by atoms with Crippen LogP contribution in [-0.4, -0.2) is 13.2 Å². The van der Waals surface area contributed by atoms with Gasteiger partial charge in [-0.3, -0.25) is 0 Å². The molecule has 0 radical (unpaired) electrons. The van der Waals surface area contributed by atoms with Crippen LogP contribution in [0.2, 0.25) is 0 Å². The Kier molecular flexibility index (Phi) is 4.11. The fourth-order valence-corrected chi connectivity index (χ4v) is 2.31. The van der Waals surface area contributed by atoms with Crippen LogP contribution in [0.15, 0.2) is 42.5 Å². The minimum Gasteiger partial charge on any atom is -0.493 e. The first kappa shape index (κ1) is 14.0. The van der Waals surface area contributed by atoms with Crippen LogP contribution in [-0.2, 0) is 6.54 Å². The van der Waals surface area contributed by atoms with Gasteiger partial charge in [-0.1, -0.05) is 29.8 Å². The standard InChI is InChI=1S/C18H21NO2/c1-13-7-10-16(14(11-13)12-19-15-8-9-15)21-18-6-4-3-5-17(18)20-2/h3-7,10-11,15,19H,8-9,12H2,1-2H3. The smallest absolute Gasteiger partial charge is 0.169 e. The fraction of sp³-hybridized carbons (Fsp3) is 0.333. The van der Waals surface area contributed by atoms with Crippen molar-refractivity contribution in [2.75, 3.05) is 7.11 Å². The van der Waals surface area contributed by atoms with Crippen LogP contribution in [0.25, 0.3) is 0 Å². The van der Waals surface area contributed by atoms with E-state index in [4.69, 9.17) is 9.47 Å². The topological polar surface area (TPSA) is 30.5 Å². The van der Waals surface area contributed by atoms with E-state index in [1.54, 1.807) is 7.11 Å². The normalized spacial score (nSPS) is 14.0. The Balaban J connectivity index is 1.82. The van der Waals surface area contributed by atoms with E-state index in [1.165, 1.54) is 24.0 Å². The summed E-state index contributed by atoms with van der Waals surface area (Å²) in [6.45, 7) is 2.95. The van der Waals surface area contributed by atoms with E-state index in [0.29, 0.717) is 6.04 Å². The maximum absolute atomic E-state index is 6.07. The Morgan fingerprint density at radius 1 is 1.05 bits per heavy atom. The molecule has 0 heterocycles. The van der Waals surface area contributed by atoms with Gasteiger partial charge in [0.15, 0.2) is 11.5 Å². The summed E-state index contributed by atoms with van der Waals surface area (Å²) in [5.74, 6) is 2.38. The summed E-state index contributed by atoms with van der Waals surface area (Å²) in [6, 6.07) is 14.7. The molecular weight excluding hydrogens is 262 g/mol. The Morgan fingerprint density at radius 3 is 2.52 bits per heavy atom. The lowest BCUT2D eigenvalue weighted by molar-refractivity contribution is 0.377. The van der Waals surface area contributed by atoms with Gasteiger partial charge in [-0.2, -0.15) is 0 Å². The van der Waals surface area contributed by atoms with Crippen LogP contribution in [0.4, 0.5) is 0 Å². The predicted molar refractivity (Wildman–Crippen MR) is 84.1 cm³/mol. The third-order valence-electron chi connectivity index (χ3n) is 3.66. The molecule has 1 aliphatic rings. The number of methoxy groups -OCH3 is 1. The maximum Gasteiger partial charge on any atom is 0.169 e. The lowest BCUT2D eigenvalue weighted by Crippen LogP contribution is -2.15. The maximum atomic E-state index is 6.07. The van der Waals surface area contributed by atoms with E-state index >= 15 is 0 Å². The summed E-state index contributed by atoms with van der Waals surface area (Å²) in [5, 5.41) is 3.54. The molecule has 0 saturated heterocycles. The molecule has 1 N–H and O–H groups in total. The van der Waals surface area contributed by atoms with E-state index in [2.05, 4.69) is 24.4 Å². The third-order valence-corrected chi connectivity index (χ3v) is 3.66. The van der Waals surface area contributed by atoms with E-state index < -0.39 is 0 Å². The third kappa shape index (κ3) is 3.56. The monoisotopic (exact) mass is 283 g/mol. The molecule has 2 aromatic rings. The van der Waals surface area contributed by atoms with Gasteiger partial charge in [-0.25, -0.2) is 0 Å². The van der Waals surface area contributed by atoms with Gasteiger partial charge >= 0.3 is 0 Å². The van der Waals surface area contributed by atoms with Crippen LogP contribution < -0.4 is 14.8 Å². The molecule has 1 aliphatic carbocycles. The second-order valence-electron chi connectivity index (χ2n) is 5.52. The summed E-state index contributed by atoms with van der Waals surface area (Å²) in [5.41, 5.74) is 2.43. The van der Waals surface area contributed by atoms with Gasteiger partial charge in [0, 0.05) is 18.2 Å². The molecule has 0 spiro atoms. The van der Waals surface area contributed by atoms with Crippen LogP contribution in [0.3, 0.4) is 0 Å². The number of hydrogen-bond donors (Lipinski definition) is 1. The lowest BCUT2D eigenvalue weighted by atomic mass is 10.1. The number of para-hydroxylation sites is 2. The molecule has 0 atom stereocenters. The summed E-state index contributed by atoms with van der Waals surface area (Å²) in [6.07, 6.45) is 2.57. The van der Waals surface area contributed by atoms with Crippen molar-refractivity contribution in [3.05, 3.63) is 53.6 Å². The van der Waals surface area contributed by atoms with Crippen molar-refractivity contribution >= 4 is 0 Å². The highest BCUT2D eigenvalue weighted by molar-refractivity contribution is 5.45. The second-order valence-corrected chi connectivity index (χ2v) is 5.52. The first-order valence-corrected chi connectivity index (χ1v) is 7.40. The Bertz CT molecular complexity index is 620. The van der Waals surface area contributed by atoms with Gasteiger partial charge < -0.3 is 14.8 Å². The number of hydrogen-bond acceptors (Lipinski definition) is 3. The van der Waals surface area contributed by atoms with Gasteiger partial charge in [-0.05, 0) is 38.0 Å². The fourth-order valence-electron chi connectivity index (χ4n) is 2.31. The van der Waals surface area contributed by atoms with Crippen molar-refractivity contribution in [2.24, 2.45) is 0 Å². The highest BCUT2D eigenvalue weighted by Gasteiger charge is 2.20.